The van der Waals surface area contributed by atoms with Crippen LogP contribution in [0.3, 0.4) is 0 Å². The number of unbranched alkanes of at least 4 members (excludes halogenated alkanes) is 3. The molecule has 1 heterocycles. The van der Waals surface area contributed by atoms with Crippen LogP contribution in [0.5, 0.6) is 0 Å². The van der Waals surface area contributed by atoms with Crippen molar-refractivity contribution in [3.05, 3.63) is 17.0 Å². The Morgan fingerprint density at radius 2 is 1.19 bits per heavy atom. The molecular weight excluding hydrogens is 410 g/mol. The molecule has 0 saturated carbocycles. The average Bonchev–Trinajstić information content (AvgIpc) is 2.51. The second-order valence-electron chi connectivity index (χ2n) is 4.15. The van der Waals surface area contributed by atoms with E-state index in [2.05, 4.69) is 57.8 Å². The van der Waals surface area contributed by atoms with Crippen LogP contribution >= 0.6 is 23.2 Å². The Hall–Kier alpha value is 0.369. The van der Waals surface area contributed by atoms with E-state index in [1.807, 2.05) is 0 Å². The number of nitrogens with one attached hydrogen (secondary N) is 1. The topological polar surface area (TPSA) is 24.4 Å². The van der Waals surface area contributed by atoms with Gasteiger partial charge in [-0.05, 0) is 0 Å². The minimum atomic E-state index is 0. The molecular formula is C16H32Cl2N2Sn. The van der Waals surface area contributed by atoms with Crippen molar-refractivity contribution in [3.8, 4) is 0 Å². The zero-order valence-corrected chi connectivity index (χ0v) is 18.9. The standard InChI is InChI=1S/C4H2Cl2N2.3C4H10.Sn/c5-3-1-2-4(6)8-7-3;3*1-3-4-2;/h1,8H;3*3-4H2,1-2H3;. The van der Waals surface area contributed by atoms with Crippen molar-refractivity contribution < 1.29 is 0 Å². The molecule has 0 fully saturated rings. The van der Waals surface area contributed by atoms with Crippen molar-refractivity contribution in [3.63, 3.8) is 0 Å². The van der Waals surface area contributed by atoms with E-state index in [1.54, 1.807) is 0 Å². The average molecular weight is 442 g/mol. The minimum Gasteiger partial charge on any atom is -0.259 e. The molecule has 21 heavy (non-hydrogen) atoms. The molecule has 0 saturated heterocycles. The molecule has 5 heteroatoms. The number of nitrogens with zero attached hydrogens (tertiary/aromatic N) is 1. The van der Waals surface area contributed by atoms with Gasteiger partial charge >= 0.3 is 0 Å². The van der Waals surface area contributed by atoms with E-state index in [0.717, 1.165) is 0 Å². The van der Waals surface area contributed by atoms with Crippen LogP contribution in [0.25, 0.3) is 0 Å². The van der Waals surface area contributed by atoms with E-state index in [1.165, 1.54) is 44.6 Å². The number of hydrogen-bond donors (Lipinski definition) is 1. The third kappa shape index (κ3) is 38.5. The van der Waals surface area contributed by atoms with E-state index < -0.39 is 0 Å². The number of hydrogen-bond acceptors (Lipinski definition) is 2. The summed E-state index contributed by atoms with van der Waals surface area (Å²) >= 11 is 10.8. The third-order valence-corrected chi connectivity index (χ3v) is 2.47. The van der Waals surface area contributed by atoms with Crippen LogP contribution in [0.2, 0.25) is 0 Å². The van der Waals surface area contributed by atoms with Crippen LogP contribution in [-0.4, -0.2) is 29.1 Å². The summed E-state index contributed by atoms with van der Waals surface area (Å²) in [6.07, 6.45) is 9.40. The van der Waals surface area contributed by atoms with Gasteiger partial charge in [0.05, 0.1) is 0 Å². The Balaban J connectivity index is -0.0000000973. The second-order valence-corrected chi connectivity index (χ2v) is 4.91. The molecule has 1 rings (SSSR count). The Morgan fingerprint density at radius 3 is 1.33 bits per heavy atom. The summed E-state index contributed by atoms with van der Waals surface area (Å²) in [5, 5.41) is 4.27. The summed E-state index contributed by atoms with van der Waals surface area (Å²) in [5.41, 5.74) is 5.04. The Morgan fingerprint density at radius 1 is 0.857 bits per heavy atom. The summed E-state index contributed by atoms with van der Waals surface area (Å²) in [7, 11) is 0. The molecule has 1 N–H and O–H groups in total. The number of rotatable bonds is 3. The van der Waals surface area contributed by atoms with E-state index in [4.69, 9.17) is 23.2 Å². The van der Waals surface area contributed by atoms with Gasteiger partial charge in [-0.2, -0.15) is 5.10 Å². The number of allylic oxidation sites excluding steroid dienone is 1. The minimum absolute atomic E-state index is 0. The molecule has 0 aliphatic carbocycles. The molecule has 124 valence electrons. The van der Waals surface area contributed by atoms with Crippen LogP contribution in [0.15, 0.2) is 22.1 Å². The van der Waals surface area contributed by atoms with Gasteiger partial charge < -0.3 is 0 Å². The predicted molar refractivity (Wildman–Crippen MR) is 101 cm³/mol. The van der Waals surface area contributed by atoms with E-state index in [-0.39, 0.29) is 23.9 Å². The normalized spacial score (nSPS) is 10.7. The Labute approximate surface area is 159 Å². The van der Waals surface area contributed by atoms with Crippen molar-refractivity contribution >= 4 is 52.3 Å². The Kier molecular flexibility index (Phi) is 39.9. The zero-order chi connectivity index (χ0) is 16.2. The fraction of sp³-hybridized carbons (Fsp3) is 0.750. The van der Waals surface area contributed by atoms with Crippen molar-refractivity contribution in [2.45, 2.75) is 80.1 Å². The van der Waals surface area contributed by atoms with Gasteiger partial charge in [0.15, 0.2) is 10.3 Å². The maximum atomic E-state index is 5.38. The van der Waals surface area contributed by atoms with Crippen molar-refractivity contribution in [1.29, 1.82) is 0 Å². The van der Waals surface area contributed by atoms with E-state index in [9.17, 15) is 0 Å². The molecule has 0 unspecified atom stereocenters. The fourth-order valence-electron chi connectivity index (χ4n) is 0.290. The molecule has 0 bridgehead atoms. The number of hydrazone groups is 1. The first-order valence-electron chi connectivity index (χ1n) is 7.65. The van der Waals surface area contributed by atoms with Crippen LogP contribution in [0, 0.1) is 0 Å². The molecule has 0 aromatic heterocycles. The number of halogens is 2. The monoisotopic (exact) mass is 442 g/mol. The van der Waals surface area contributed by atoms with E-state index in [0.29, 0.717) is 10.3 Å². The third-order valence-electron chi connectivity index (χ3n) is 2.08. The van der Waals surface area contributed by atoms with Crippen LogP contribution in [0.4, 0.5) is 0 Å². The van der Waals surface area contributed by atoms with Gasteiger partial charge in [0.1, 0.15) is 0 Å². The first-order valence-corrected chi connectivity index (χ1v) is 8.40. The summed E-state index contributed by atoms with van der Waals surface area (Å²) in [5.74, 6) is 0. The predicted octanol–water partition coefficient (Wildman–Crippen LogP) is 6.42. The molecule has 0 aromatic carbocycles. The van der Waals surface area contributed by atoms with E-state index >= 15 is 0 Å². The summed E-state index contributed by atoms with van der Waals surface area (Å²) in [6, 6.07) is 0. The van der Waals surface area contributed by atoms with Crippen LogP contribution < -0.4 is 5.43 Å². The van der Waals surface area contributed by atoms with Gasteiger partial charge in [-0.25, -0.2) is 0 Å². The quantitative estimate of drug-likeness (QED) is 0.305. The maximum absolute atomic E-state index is 5.38. The largest absolute Gasteiger partial charge is 0.259 e. The second kappa shape index (κ2) is 28.5. The van der Waals surface area contributed by atoms with Gasteiger partial charge in [0.2, 0.25) is 0 Å². The summed E-state index contributed by atoms with van der Waals surface area (Å²) < 4.78 is 0. The SMILES string of the molecule is CCCC.CCCC.CCCC.ClC1=C=CC(Cl)=NN1.[Sn]. The maximum Gasteiger partial charge on any atom is 0.166 e. The van der Waals surface area contributed by atoms with Gasteiger partial charge in [0.25, 0.3) is 0 Å². The molecule has 0 amide bonds. The first-order chi connectivity index (χ1) is 9.53. The van der Waals surface area contributed by atoms with Crippen LogP contribution in [-0.2, 0) is 0 Å². The molecule has 1 aliphatic rings. The molecule has 4 radical (unpaired) electrons. The molecule has 0 atom stereocenters. The van der Waals surface area contributed by atoms with Crippen molar-refractivity contribution in [1.82, 2.24) is 5.43 Å². The molecule has 0 spiro atoms. The van der Waals surface area contributed by atoms with Gasteiger partial charge in [0, 0.05) is 30.0 Å². The Bertz CT molecular complexity index is 258. The van der Waals surface area contributed by atoms with Gasteiger partial charge in [-0.15, -0.1) is 0 Å². The zero-order valence-electron chi connectivity index (χ0n) is 14.5. The van der Waals surface area contributed by atoms with Crippen molar-refractivity contribution in [2.24, 2.45) is 5.10 Å². The molecule has 0 aromatic rings. The summed E-state index contributed by atoms with van der Waals surface area (Å²) in [4.78, 5) is 0. The molecule has 1 aliphatic heterocycles. The van der Waals surface area contributed by atoms with Crippen molar-refractivity contribution in [2.75, 3.05) is 0 Å². The fourth-order valence-corrected chi connectivity index (χ4v) is 0.484. The van der Waals surface area contributed by atoms with Gasteiger partial charge in [-0.3, -0.25) is 5.43 Å². The molecule has 2 nitrogen and oxygen atoms in total. The summed E-state index contributed by atoms with van der Waals surface area (Å²) in [6.45, 7) is 13.1. The first kappa shape index (κ1) is 29.4. The van der Waals surface area contributed by atoms with Crippen LogP contribution in [0.1, 0.15) is 80.1 Å². The van der Waals surface area contributed by atoms with Gasteiger partial charge in [-0.1, -0.05) is 109 Å². The smallest absolute Gasteiger partial charge is 0.166 e.